The molecule has 0 spiro atoms. The van der Waals surface area contributed by atoms with Crippen LogP contribution >= 0.6 is 0 Å². The van der Waals surface area contributed by atoms with Crippen LogP contribution in [0.2, 0.25) is 0 Å². The zero-order valence-electron chi connectivity index (χ0n) is 25.3. The zero-order chi connectivity index (χ0) is 31.9. The highest BCUT2D eigenvalue weighted by molar-refractivity contribution is 6.00. The maximum absolute atomic E-state index is 13.2. The molecule has 3 rings (SSSR count). The Balaban J connectivity index is 1.73. The first-order valence-electron chi connectivity index (χ1n) is 14.9. The molecule has 2 aromatic carbocycles. The number of aliphatic carboxylic acids is 2. The third kappa shape index (κ3) is 11.1. The minimum absolute atomic E-state index is 0.0318. The molecule has 0 saturated heterocycles. The van der Waals surface area contributed by atoms with E-state index in [1.54, 1.807) is 0 Å². The Morgan fingerprint density at radius 3 is 2.23 bits per heavy atom. The standard InChI is InChI=1S/C32H43N3O9/c1-42-27-16-24(31(39)35-25(32(40)41)17-30(37)38)26(18-28(27)43-2)44-20-23(15-22-11-7-4-8-12-22)34-29(36)19-33-14-13-21-9-5-3-6-10-21/h4,7-8,11-12,16,18,21,23,25,33H,3,5-6,9-10,13-15,17,19-20H2,1-2H3,(H,34,36)(H,35,39)(H,37,38)(H,40,41). The maximum Gasteiger partial charge on any atom is 0.326 e. The van der Waals surface area contributed by atoms with E-state index in [2.05, 4.69) is 16.0 Å². The number of amides is 2. The summed E-state index contributed by atoms with van der Waals surface area (Å²) in [6, 6.07) is 10.2. The summed E-state index contributed by atoms with van der Waals surface area (Å²) in [4.78, 5) is 48.8. The molecule has 12 nitrogen and oxygen atoms in total. The van der Waals surface area contributed by atoms with Crippen LogP contribution in [0.25, 0.3) is 0 Å². The van der Waals surface area contributed by atoms with Crippen molar-refractivity contribution in [2.24, 2.45) is 5.92 Å². The van der Waals surface area contributed by atoms with Gasteiger partial charge < -0.3 is 40.4 Å². The van der Waals surface area contributed by atoms with Crippen LogP contribution in [0.4, 0.5) is 0 Å². The number of hydrogen-bond acceptors (Lipinski definition) is 8. The van der Waals surface area contributed by atoms with E-state index in [9.17, 15) is 24.3 Å². The smallest absolute Gasteiger partial charge is 0.326 e. The topological polar surface area (TPSA) is 173 Å². The summed E-state index contributed by atoms with van der Waals surface area (Å²) in [6.45, 7) is 0.888. The summed E-state index contributed by atoms with van der Waals surface area (Å²) < 4.78 is 16.7. The van der Waals surface area contributed by atoms with Crippen molar-refractivity contribution in [2.45, 2.75) is 63.5 Å². The third-order valence-corrected chi connectivity index (χ3v) is 7.58. The molecule has 1 aliphatic carbocycles. The van der Waals surface area contributed by atoms with Crippen molar-refractivity contribution >= 4 is 23.8 Å². The molecule has 12 heteroatoms. The molecular weight excluding hydrogens is 570 g/mol. The number of rotatable bonds is 18. The van der Waals surface area contributed by atoms with Crippen LogP contribution in [0.15, 0.2) is 42.5 Å². The molecule has 0 aliphatic heterocycles. The van der Waals surface area contributed by atoms with Gasteiger partial charge in [0.15, 0.2) is 11.5 Å². The second-order valence-electron chi connectivity index (χ2n) is 10.9. The van der Waals surface area contributed by atoms with Crippen molar-refractivity contribution < 1.29 is 43.6 Å². The van der Waals surface area contributed by atoms with Gasteiger partial charge in [-0.15, -0.1) is 0 Å². The molecule has 5 N–H and O–H groups in total. The number of benzene rings is 2. The van der Waals surface area contributed by atoms with Crippen LogP contribution in [0.1, 0.15) is 60.9 Å². The fourth-order valence-electron chi connectivity index (χ4n) is 5.27. The highest BCUT2D eigenvalue weighted by atomic mass is 16.5. The van der Waals surface area contributed by atoms with E-state index in [1.807, 2.05) is 30.3 Å². The lowest BCUT2D eigenvalue weighted by Gasteiger charge is -2.23. The Labute approximate surface area is 257 Å². The van der Waals surface area contributed by atoms with Crippen molar-refractivity contribution in [3.8, 4) is 17.2 Å². The molecule has 0 aromatic heterocycles. The number of carboxylic acid groups (broad SMARTS) is 2. The molecule has 2 unspecified atom stereocenters. The quantitative estimate of drug-likeness (QED) is 0.157. The highest BCUT2D eigenvalue weighted by Crippen LogP contribution is 2.35. The lowest BCUT2D eigenvalue weighted by Crippen LogP contribution is -2.45. The fourth-order valence-corrected chi connectivity index (χ4v) is 5.27. The van der Waals surface area contributed by atoms with Crippen LogP contribution in [-0.2, 0) is 20.8 Å². The molecular formula is C32H43N3O9. The molecule has 0 radical (unpaired) electrons. The number of carboxylic acids is 2. The fraction of sp³-hybridized carbons (Fsp3) is 0.500. The maximum atomic E-state index is 13.2. The van der Waals surface area contributed by atoms with E-state index < -0.39 is 36.4 Å². The Morgan fingerprint density at radius 1 is 0.909 bits per heavy atom. The Morgan fingerprint density at radius 2 is 1.59 bits per heavy atom. The van der Waals surface area contributed by atoms with Crippen LogP contribution in [0, 0.1) is 5.92 Å². The molecule has 240 valence electrons. The summed E-state index contributed by atoms with van der Waals surface area (Å²) in [6.07, 6.45) is 7.03. The van der Waals surface area contributed by atoms with Crippen molar-refractivity contribution in [1.29, 1.82) is 0 Å². The van der Waals surface area contributed by atoms with Gasteiger partial charge in [-0.3, -0.25) is 14.4 Å². The number of hydrogen-bond donors (Lipinski definition) is 5. The first-order valence-corrected chi connectivity index (χ1v) is 14.9. The van der Waals surface area contributed by atoms with Crippen LogP contribution in [0.3, 0.4) is 0 Å². The van der Waals surface area contributed by atoms with Gasteiger partial charge in [0.25, 0.3) is 5.91 Å². The number of carbonyl (C=O) groups is 4. The predicted octanol–water partition coefficient (Wildman–Crippen LogP) is 3.03. The van der Waals surface area contributed by atoms with E-state index in [0.717, 1.165) is 18.5 Å². The van der Waals surface area contributed by atoms with E-state index in [4.69, 9.17) is 19.3 Å². The van der Waals surface area contributed by atoms with Gasteiger partial charge in [0.2, 0.25) is 5.91 Å². The minimum atomic E-state index is -1.67. The van der Waals surface area contributed by atoms with Gasteiger partial charge in [0, 0.05) is 12.1 Å². The zero-order valence-corrected chi connectivity index (χ0v) is 25.3. The average molecular weight is 614 g/mol. The van der Waals surface area contributed by atoms with Crippen LogP contribution in [-0.4, -0.2) is 80.0 Å². The van der Waals surface area contributed by atoms with Gasteiger partial charge in [0.1, 0.15) is 18.4 Å². The molecule has 2 atom stereocenters. The summed E-state index contributed by atoms with van der Waals surface area (Å²) in [5, 5.41) is 27.0. The van der Waals surface area contributed by atoms with E-state index >= 15 is 0 Å². The lowest BCUT2D eigenvalue weighted by molar-refractivity contribution is -0.145. The minimum Gasteiger partial charge on any atom is -0.493 e. The molecule has 1 aliphatic rings. The molecule has 2 aromatic rings. The Hall–Kier alpha value is -4.32. The molecule has 44 heavy (non-hydrogen) atoms. The van der Waals surface area contributed by atoms with Crippen molar-refractivity contribution in [3.05, 3.63) is 53.6 Å². The Bertz CT molecular complexity index is 1250. The summed E-state index contributed by atoms with van der Waals surface area (Å²) in [7, 11) is 2.79. The number of methoxy groups -OCH3 is 2. The Kier molecular flexibility index (Phi) is 13.8. The second-order valence-corrected chi connectivity index (χ2v) is 10.9. The summed E-state index contributed by atoms with van der Waals surface area (Å²) in [5.74, 6) is -2.76. The normalized spacial score (nSPS) is 14.6. The summed E-state index contributed by atoms with van der Waals surface area (Å²) in [5.41, 5.74) is 0.878. The third-order valence-electron chi connectivity index (χ3n) is 7.58. The van der Waals surface area contributed by atoms with Gasteiger partial charge in [-0.1, -0.05) is 62.4 Å². The first-order chi connectivity index (χ1) is 21.2. The average Bonchev–Trinajstić information content (AvgIpc) is 3.01. The number of carbonyl (C=O) groups excluding carboxylic acids is 2. The molecule has 1 saturated carbocycles. The predicted molar refractivity (Wildman–Crippen MR) is 162 cm³/mol. The second kappa shape index (κ2) is 17.7. The first kappa shape index (κ1) is 34.2. The largest absolute Gasteiger partial charge is 0.493 e. The number of ether oxygens (including phenoxy) is 3. The van der Waals surface area contributed by atoms with Gasteiger partial charge in [-0.2, -0.15) is 0 Å². The monoisotopic (exact) mass is 613 g/mol. The van der Waals surface area contributed by atoms with Crippen molar-refractivity contribution in [1.82, 2.24) is 16.0 Å². The van der Waals surface area contributed by atoms with Crippen LogP contribution < -0.4 is 30.2 Å². The van der Waals surface area contributed by atoms with E-state index in [0.29, 0.717) is 12.3 Å². The SMILES string of the molecule is COc1cc(OCC(Cc2ccccc2)NC(=O)CNCCC2CCCCC2)c(C(=O)NC(CC(=O)O)C(=O)O)cc1OC. The van der Waals surface area contributed by atoms with E-state index in [-0.39, 0.29) is 41.9 Å². The molecule has 0 bridgehead atoms. The molecule has 0 heterocycles. The molecule has 1 fully saturated rings. The van der Waals surface area contributed by atoms with E-state index in [1.165, 1.54) is 58.5 Å². The molecule has 2 amide bonds. The lowest BCUT2D eigenvalue weighted by atomic mass is 9.87. The van der Waals surface area contributed by atoms with Gasteiger partial charge in [-0.05, 0) is 30.9 Å². The summed E-state index contributed by atoms with van der Waals surface area (Å²) >= 11 is 0. The van der Waals surface area contributed by atoms with Crippen LogP contribution in [0.5, 0.6) is 17.2 Å². The van der Waals surface area contributed by atoms with Crippen molar-refractivity contribution in [2.75, 3.05) is 33.9 Å². The van der Waals surface area contributed by atoms with Gasteiger partial charge in [0.05, 0.1) is 38.8 Å². The van der Waals surface area contributed by atoms with Gasteiger partial charge in [-0.25, -0.2) is 4.79 Å². The highest BCUT2D eigenvalue weighted by Gasteiger charge is 2.27. The van der Waals surface area contributed by atoms with Crippen molar-refractivity contribution in [3.63, 3.8) is 0 Å². The number of nitrogens with one attached hydrogen (secondary N) is 3. The van der Waals surface area contributed by atoms with Gasteiger partial charge >= 0.3 is 11.9 Å².